The molecule has 1 radical (unpaired) electrons. The van der Waals surface area contributed by atoms with Crippen LogP contribution in [0.3, 0.4) is 0 Å². The van der Waals surface area contributed by atoms with Gasteiger partial charge in [-0.2, -0.15) is 0 Å². The Balaban J connectivity index is 3.49. The third kappa shape index (κ3) is 5.98. The molecule has 0 saturated carbocycles. The predicted octanol–water partition coefficient (Wildman–Crippen LogP) is 1.55. The molecular weight excluding hydrogens is 279 g/mol. The van der Waals surface area contributed by atoms with Gasteiger partial charge in [-0.25, -0.2) is 0 Å². The maximum atomic E-state index is 3.83. The van der Waals surface area contributed by atoms with E-state index in [2.05, 4.69) is 25.2 Å². The zero-order valence-corrected chi connectivity index (χ0v) is 8.57. The fraction of sp³-hybridized carbons (Fsp3) is 0.286. The molecule has 0 rings (SSSR count). The first kappa shape index (κ1) is 9.10. The summed E-state index contributed by atoms with van der Waals surface area (Å²) in [5.41, 5.74) is 1.11. The molecule has 0 amide bonds. The molecule has 0 fully saturated rings. The van der Waals surface area contributed by atoms with Gasteiger partial charge in [-0.05, 0) is 0 Å². The molecule has 9 heavy (non-hydrogen) atoms. The number of hydrogen-bond acceptors (Lipinski definition) is 0. The predicted molar refractivity (Wildman–Crippen MR) is 40.6 cm³/mol. The van der Waals surface area contributed by atoms with E-state index >= 15 is 0 Å². The van der Waals surface area contributed by atoms with Gasteiger partial charge in [-0.1, -0.05) is 0 Å². The summed E-state index contributed by atoms with van der Waals surface area (Å²) in [5.74, 6) is 0. The van der Waals surface area contributed by atoms with E-state index in [4.69, 9.17) is 0 Å². The van der Waals surface area contributed by atoms with Gasteiger partial charge < -0.3 is 0 Å². The van der Waals surface area contributed by atoms with Crippen LogP contribution in [0.1, 0.15) is 6.92 Å². The second-order valence-electron chi connectivity index (χ2n) is 1.68. The van der Waals surface area contributed by atoms with Gasteiger partial charge in [-0.15, -0.1) is 0 Å². The van der Waals surface area contributed by atoms with Gasteiger partial charge in [0.15, 0.2) is 0 Å². The van der Waals surface area contributed by atoms with Crippen LogP contribution in [0.15, 0.2) is 24.2 Å². The molecule has 0 aromatic rings. The number of hydrogen-bond donors (Lipinski definition) is 0. The van der Waals surface area contributed by atoms with Crippen LogP contribution in [0.4, 0.5) is 0 Å². The van der Waals surface area contributed by atoms with E-state index in [-0.39, 0.29) is 0 Å². The molecule has 0 aliphatic rings. The Morgan fingerprint density at radius 2 is 2.44 bits per heavy atom. The molecule has 0 saturated heterocycles. The van der Waals surface area contributed by atoms with Crippen LogP contribution in [-0.2, 0) is 19.4 Å². The molecule has 0 aliphatic carbocycles. The molecule has 0 nitrogen and oxygen atoms in total. The Kier molecular flexibility index (Phi) is 6.30. The minimum absolute atomic E-state index is 1.07. The van der Waals surface area contributed by atoms with Gasteiger partial charge in [-0.3, -0.25) is 0 Å². The van der Waals surface area contributed by atoms with Crippen molar-refractivity contribution in [3.63, 3.8) is 0 Å². The first-order valence-corrected chi connectivity index (χ1v) is 4.64. The van der Waals surface area contributed by atoms with E-state index in [1.54, 1.807) is 0 Å². The fourth-order valence-corrected chi connectivity index (χ4v) is 0.775. The van der Waals surface area contributed by atoms with Crippen molar-refractivity contribution < 1.29 is 19.4 Å². The summed E-state index contributed by atoms with van der Waals surface area (Å²) in [5, 5.41) is 0. The molecule has 0 aromatic heterocycles. The zero-order valence-electron chi connectivity index (χ0n) is 5.63. The summed E-state index contributed by atoms with van der Waals surface area (Å²) >= 11 is 1.48. The van der Waals surface area contributed by atoms with E-state index in [0.29, 0.717) is 0 Å². The molecule has 0 aromatic carbocycles. The van der Waals surface area contributed by atoms with Crippen LogP contribution in [0.2, 0.25) is 6.32 Å². The van der Waals surface area contributed by atoms with Crippen molar-refractivity contribution in [2.45, 2.75) is 13.2 Å². The standard InChI is InChI=1S/C7H10B.W/c1-4-6-7(3)8-5-2;/h1,4,6H,3,5H2,2H3;/b6-4-;. The van der Waals surface area contributed by atoms with Gasteiger partial charge in [0, 0.05) is 0 Å². The van der Waals surface area contributed by atoms with Gasteiger partial charge in [0.1, 0.15) is 0 Å². The van der Waals surface area contributed by atoms with Crippen molar-refractivity contribution in [1.29, 1.82) is 0 Å². The topological polar surface area (TPSA) is 0 Å². The van der Waals surface area contributed by atoms with E-state index in [0.717, 1.165) is 11.8 Å². The molecule has 2 heteroatoms. The van der Waals surface area contributed by atoms with Crippen molar-refractivity contribution in [3.8, 4) is 0 Å². The Labute approximate surface area is 68.7 Å². The molecule has 47 valence electrons. The molecule has 0 spiro atoms. The molecule has 0 unspecified atom stereocenters. The van der Waals surface area contributed by atoms with Crippen molar-refractivity contribution in [2.75, 3.05) is 0 Å². The number of rotatable bonds is 4. The van der Waals surface area contributed by atoms with Crippen LogP contribution < -0.4 is 0 Å². The average Bonchev–Trinajstić information content (AvgIpc) is 1.85. The van der Waals surface area contributed by atoms with Crippen molar-refractivity contribution in [3.05, 3.63) is 24.2 Å². The Bertz CT molecular complexity index is 127. The minimum atomic E-state index is 1.07. The summed E-state index contributed by atoms with van der Waals surface area (Å²) in [6.07, 6.45) is 5.13. The summed E-state index contributed by atoms with van der Waals surface area (Å²) in [7, 11) is 2.11. The molecule has 0 N–H and O–H groups in total. The summed E-state index contributed by atoms with van der Waals surface area (Å²) in [4.78, 5) is 0. The first-order valence-electron chi connectivity index (χ1n) is 2.95. The molecule has 0 bridgehead atoms. The van der Waals surface area contributed by atoms with E-state index < -0.39 is 0 Å². The van der Waals surface area contributed by atoms with Crippen LogP contribution in [0.25, 0.3) is 0 Å². The molecule has 0 heterocycles. The van der Waals surface area contributed by atoms with E-state index in [1.165, 1.54) is 19.4 Å². The Hall–Kier alpha value is 0.103. The average molecular weight is 289 g/mol. The van der Waals surface area contributed by atoms with E-state index in [9.17, 15) is 0 Å². The maximum absolute atomic E-state index is 3.83. The van der Waals surface area contributed by atoms with Gasteiger partial charge in [0.05, 0.1) is 0 Å². The Morgan fingerprint density at radius 3 is 2.89 bits per heavy atom. The van der Waals surface area contributed by atoms with Crippen molar-refractivity contribution in [2.24, 2.45) is 0 Å². The second kappa shape index (κ2) is 6.23. The normalized spacial score (nSPS) is 9.44. The Morgan fingerprint density at radius 1 is 1.78 bits per heavy atom. The van der Waals surface area contributed by atoms with Crippen LogP contribution in [0, 0.1) is 0 Å². The van der Waals surface area contributed by atoms with Gasteiger partial charge in [0.25, 0.3) is 0 Å². The van der Waals surface area contributed by atoms with Gasteiger partial charge in [0.2, 0.25) is 0 Å². The molecular formula is C7H10BW. The van der Waals surface area contributed by atoms with Crippen LogP contribution in [0.5, 0.6) is 0 Å². The zero-order chi connectivity index (χ0) is 7.11. The van der Waals surface area contributed by atoms with Crippen molar-refractivity contribution >= 4 is 11.7 Å². The third-order valence-electron chi connectivity index (χ3n) is 0.855. The van der Waals surface area contributed by atoms with Gasteiger partial charge >= 0.3 is 68.5 Å². The first-order chi connectivity index (χ1) is 4.31. The quantitative estimate of drug-likeness (QED) is 0.544. The number of allylic oxidation sites excluding steroid dienone is 3. The summed E-state index contributed by atoms with van der Waals surface area (Å²) < 4.78 is 2.08. The molecule has 0 aliphatic heterocycles. The summed E-state index contributed by atoms with van der Waals surface area (Å²) in [6, 6.07) is 0. The fourth-order valence-electron chi connectivity index (χ4n) is 0.493. The summed E-state index contributed by atoms with van der Waals surface area (Å²) in [6.45, 7) is 5.94. The monoisotopic (exact) mass is 289 g/mol. The SMILES string of the molecule is C=C([B]CC)/C=C\[CH]=[W]. The van der Waals surface area contributed by atoms with E-state index in [1.807, 2.05) is 12.2 Å². The van der Waals surface area contributed by atoms with Crippen LogP contribution in [-0.4, -0.2) is 11.7 Å². The third-order valence-corrected chi connectivity index (χ3v) is 1.42. The van der Waals surface area contributed by atoms with Crippen molar-refractivity contribution in [1.82, 2.24) is 0 Å². The molecule has 0 atom stereocenters. The van der Waals surface area contributed by atoms with Crippen LogP contribution >= 0.6 is 0 Å². The second-order valence-corrected chi connectivity index (χ2v) is 2.66.